The number of rotatable bonds is 2. The topological polar surface area (TPSA) is 37.4 Å². The second-order valence-corrected chi connectivity index (χ2v) is 5.58. The van der Waals surface area contributed by atoms with Crippen LogP contribution in [0, 0.1) is 0 Å². The van der Waals surface area contributed by atoms with Gasteiger partial charge in [-0.15, -0.1) is 0 Å². The molecule has 0 N–H and O–H groups in total. The van der Waals surface area contributed by atoms with Crippen molar-refractivity contribution in [2.75, 3.05) is 12.3 Å². The lowest BCUT2D eigenvalue weighted by Gasteiger charge is -2.17. The van der Waals surface area contributed by atoms with E-state index in [-0.39, 0.29) is 11.8 Å². The van der Waals surface area contributed by atoms with E-state index in [2.05, 4.69) is 0 Å². The molecule has 0 aliphatic carbocycles. The molecule has 102 valence electrons. The van der Waals surface area contributed by atoms with Crippen LogP contribution in [0.2, 0.25) is 0 Å². The minimum Gasteiger partial charge on any atom is -0.271 e. The van der Waals surface area contributed by atoms with Gasteiger partial charge in [0, 0.05) is 17.9 Å². The number of benzene rings is 2. The van der Waals surface area contributed by atoms with Crippen LogP contribution in [0.15, 0.2) is 42.5 Å². The molecule has 1 heterocycles. The molecule has 2 aromatic rings. The molecule has 1 fully saturated rings. The van der Waals surface area contributed by atoms with Crippen LogP contribution in [-0.2, 0) is 4.79 Å². The summed E-state index contributed by atoms with van der Waals surface area (Å²) >= 11 is 1.05. The second kappa shape index (κ2) is 5.25. The van der Waals surface area contributed by atoms with Crippen LogP contribution in [0.3, 0.4) is 0 Å². The number of thioether (sulfide) groups is 1. The SMILES string of the molecule is O=C1SCCN1C(=O)[C@H](F)c1cccc2ccccc12. The highest BCUT2D eigenvalue weighted by atomic mass is 32.2. The fourth-order valence-electron chi connectivity index (χ4n) is 2.33. The molecular weight excluding hydrogens is 277 g/mol. The van der Waals surface area contributed by atoms with Gasteiger partial charge in [-0.05, 0) is 10.8 Å². The Morgan fingerprint density at radius 1 is 1.20 bits per heavy atom. The molecule has 0 unspecified atom stereocenters. The largest absolute Gasteiger partial charge is 0.288 e. The number of carbonyl (C=O) groups excluding carboxylic acids is 2. The van der Waals surface area contributed by atoms with Gasteiger partial charge in [-0.1, -0.05) is 54.2 Å². The maximum absolute atomic E-state index is 14.5. The third kappa shape index (κ3) is 2.18. The summed E-state index contributed by atoms with van der Waals surface area (Å²) in [5, 5.41) is 1.22. The van der Waals surface area contributed by atoms with Crippen LogP contribution in [0.1, 0.15) is 11.7 Å². The molecule has 0 saturated carbocycles. The van der Waals surface area contributed by atoms with Crippen molar-refractivity contribution in [1.29, 1.82) is 0 Å². The van der Waals surface area contributed by atoms with Gasteiger partial charge in [0.1, 0.15) is 0 Å². The van der Waals surface area contributed by atoms with Crippen molar-refractivity contribution in [3.05, 3.63) is 48.0 Å². The molecule has 5 heteroatoms. The van der Waals surface area contributed by atoms with E-state index in [1.165, 1.54) is 0 Å². The zero-order valence-corrected chi connectivity index (χ0v) is 11.4. The highest BCUT2D eigenvalue weighted by Crippen LogP contribution is 2.30. The van der Waals surface area contributed by atoms with Gasteiger partial charge in [0.15, 0.2) is 0 Å². The first-order chi connectivity index (χ1) is 9.68. The van der Waals surface area contributed by atoms with Crippen molar-refractivity contribution in [2.24, 2.45) is 0 Å². The fourth-order valence-corrected chi connectivity index (χ4v) is 3.12. The minimum absolute atomic E-state index is 0.285. The van der Waals surface area contributed by atoms with Crippen LogP contribution < -0.4 is 0 Å². The highest BCUT2D eigenvalue weighted by Gasteiger charge is 2.34. The van der Waals surface area contributed by atoms with Crippen molar-refractivity contribution in [1.82, 2.24) is 4.90 Å². The summed E-state index contributed by atoms with van der Waals surface area (Å²) in [4.78, 5) is 24.6. The standard InChI is InChI=1S/C15H12FNO2S/c16-13(14(18)17-8-9-20-15(17)19)12-7-3-5-10-4-1-2-6-11(10)12/h1-7,13H,8-9H2/t13-/m1/s1. The van der Waals surface area contributed by atoms with Crippen LogP contribution in [0.25, 0.3) is 10.8 Å². The third-order valence-corrected chi connectivity index (χ3v) is 4.19. The average molecular weight is 289 g/mol. The Hall–Kier alpha value is -1.88. The van der Waals surface area contributed by atoms with E-state index in [0.29, 0.717) is 16.7 Å². The van der Waals surface area contributed by atoms with E-state index in [0.717, 1.165) is 22.0 Å². The Bertz CT molecular complexity index is 683. The van der Waals surface area contributed by atoms with Gasteiger partial charge >= 0.3 is 0 Å². The number of amides is 2. The number of fused-ring (bicyclic) bond motifs is 1. The number of halogens is 1. The first-order valence-electron chi connectivity index (χ1n) is 6.28. The van der Waals surface area contributed by atoms with Gasteiger partial charge in [-0.25, -0.2) is 4.39 Å². The normalized spacial score (nSPS) is 16.6. The summed E-state index contributed by atoms with van der Waals surface area (Å²) in [5.74, 6) is -0.233. The minimum atomic E-state index is -1.80. The molecular formula is C15H12FNO2S. The Balaban J connectivity index is 1.98. The zero-order chi connectivity index (χ0) is 14.1. The number of alkyl halides is 1. The molecule has 0 spiro atoms. The van der Waals surface area contributed by atoms with Crippen LogP contribution in [0.4, 0.5) is 9.18 Å². The monoisotopic (exact) mass is 289 g/mol. The Morgan fingerprint density at radius 2 is 1.95 bits per heavy atom. The molecule has 1 aliphatic rings. The average Bonchev–Trinajstić information content (AvgIpc) is 2.91. The number of imide groups is 1. The van der Waals surface area contributed by atoms with Crippen molar-refractivity contribution in [3.63, 3.8) is 0 Å². The number of hydrogen-bond acceptors (Lipinski definition) is 3. The van der Waals surface area contributed by atoms with Gasteiger partial charge in [0.2, 0.25) is 6.17 Å². The summed E-state index contributed by atoms with van der Waals surface area (Å²) in [5.41, 5.74) is 0.317. The highest BCUT2D eigenvalue weighted by molar-refractivity contribution is 8.13. The van der Waals surface area contributed by atoms with Crippen molar-refractivity contribution in [3.8, 4) is 0 Å². The van der Waals surface area contributed by atoms with Gasteiger partial charge in [0.05, 0.1) is 0 Å². The number of hydrogen-bond donors (Lipinski definition) is 0. The molecule has 1 saturated heterocycles. The maximum Gasteiger partial charge on any atom is 0.288 e. The molecule has 20 heavy (non-hydrogen) atoms. The zero-order valence-electron chi connectivity index (χ0n) is 10.6. The lowest BCUT2D eigenvalue weighted by molar-refractivity contribution is -0.132. The first-order valence-corrected chi connectivity index (χ1v) is 7.27. The van der Waals surface area contributed by atoms with Gasteiger partial charge < -0.3 is 0 Å². The summed E-state index contributed by atoms with van der Waals surface area (Å²) in [6.45, 7) is 0.285. The van der Waals surface area contributed by atoms with E-state index in [4.69, 9.17) is 0 Å². The van der Waals surface area contributed by atoms with Gasteiger partial charge in [0.25, 0.3) is 11.1 Å². The van der Waals surface area contributed by atoms with Crippen LogP contribution in [-0.4, -0.2) is 28.3 Å². The predicted molar refractivity (Wildman–Crippen MR) is 77.4 cm³/mol. The molecule has 3 rings (SSSR count). The third-order valence-electron chi connectivity index (χ3n) is 3.34. The number of carbonyl (C=O) groups is 2. The predicted octanol–water partition coefficient (Wildman–Crippen LogP) is 3.55. The second-order valence-electron chi connectivity index (χ2n) is 4.54. The summed E-state index contributed by atoms with van der Waals surface area (Å²) in [7, 11) is 0. The lowest BCUT2D eigenvalue weighted by atomic mass is 10.0. The molecule has 0 bridgehead atoms. The van der Waals surface area contributed by atoms with E-state index < -0.39 is 12.1 Å². The van der Waals surface area contributed by atoms with E-state index in [9.17, 15) is 14.0 Å². The molecule has 1 aliphatic heterocycles. The maximum atomic E-state index is 14.5. The van der Waals surface area contributed by atoms with Crippen molar-refractivity contribution < 1.29 is 14.0 Å². The first kappa shape index (κ1) is 13.1. The van der Waals surface area contributed by atoms with Crippen LogP contribution in [0.5, 0.6) is 0 Å². The van der Waals surface area contributed by atoms with Crippen molar-refractivity contribution >= 4 is 33.7 Å². The Morgan fingerprint density at radius 3 is 2.70 bits per heavy atom. The molecule has 2 amide bonds. The van der Waals surface area contributed by atoms with E-state index in [1.807, 2.05) is 18.2 Å². The summed E-state index contributed by atoms with van der Waals surface area (Å²) in [6.07, 6.45) is -1.80. The van der Waals surface area contributed by atoms with Gasteiger partial charge in [-0.2, -0.15) is 0 Å². The lowest BCUT2D eigenvalue weighted by Crippen LogP contribution is -2.33. The van der Waals surface area contributed by atoms with Crippen LogP contribution >= 0.6 is 11.8 Å². The molecule has 3 nitrogen and oxygen atoms in total. The smallest absolute Gasteiger partial charge is 0.271 e. The molecule has 0 aromatic heterocycles. The van der Waals surface area contributed by atoms with E-state index >= 15 is 0 Å². The fraction of sp³-hybridized carbons (Fsp3) is 0.200. The molecule has 1 atom stereocenters. The summed E-state index contributed by atoms with van der Waals surface area (Å²) < 4.78 is 14.5. The van der Waals surface area contributed by atoms with E-state index in [1.54, 1.807) is 24.3 Å². The number of nitrogens with zero attached hydrogens (tertiary/aromatic N) is 1. The molecule has 2 aromatic carbocycles. The quantitative estimate of drug-likeness (QED) is 0.848. The van der Waals surface area contributed by atoms with Crippen molar-refractivity contribution in [2.45, 2.75) is 6.17 Å². The van der Waals surface area contributed by atoms with Gasteiger partial charge in [-0.3, -0.25) is 14.5 Å². The molecule has 0 radical (unpaired) electrons. The Labute approximate surface area is 119 Å². The Kier molecular flexibility index (Phi) is 3.44. The summed E-state index contributed by atoms with van der Waals surface area (Å²) in [6, 6.07) is 12.5.